The van der Waals surface area contributed by atoms with Crippen LogP contribution in [-0.4, -0.2) is 46.7 Å². The molecule has 1 saturated carbocycles. The number of hydrogen-bond acceptors (Lipinski definition) is 5. The van der Waals surface area contributed by atoms with E-state index in [0.717, 1.165) is 32.1 Å². The largest absolute Gasteiger partial charge is 0.456 e. The normalized spacial score (nSPS) is 53.1. The SMILES string of the molecule is C=C1C(=O)O[C@H]2[C@@H](O)[C@H](C)CCC[C@@]3(C)O[C@H]3CC[C@@]3(C)O[C@H]3C[C@@H]12. The molecular weight excluding hydrogens is 320 g/mol. The van der Waals surface area contributed by atoms with Gasteiger partial charge in [0.15, 0.2) is 0 Å². The molecular formula is C20H30O5. The van der Waals surface area contributed by atoms with Crippen molar-refractivity contribution >= 4 is 5.97 Å². The molecule has 0 aromatic heterocycles. The minimum atomic E-state index is -0.662. The smallest absolute Gasteiger partial charge is 0.334 e. The molecule has 5 heteroatoms. The monoisotopic (exact) mass is 350 g/mol. The van der Waals surface area contributed by atoms with E-state index in [4.69, 9.17) is 14.2 Å². The Labute approximate surface area is 149 Å². The third-order valence-corrected chi connectivity index (χ3v) is 7.04. The molecule has 0 aromatic carbocycles. The summed E-state index contributed by atoms with van der Waals surface area (Å²) >= 11 is 0. The molecule has 4 fully saturated rings. The molecule has 0 aromatic rings. The van der Waals surface area contributed by atoms with E-state index in [1.54, 1.807) is 0 Å². The molecule has 1 aliphatic carbocycles. The Hall–Kier alpha value is -0.910. The van der Waals surface area contributed by atoms with Gasteiger partial charge >= 0.3 is 5.97 Å². The van der Waals surface area contributed by atoms with E-state index < -0.39 is 12.2 Å². The average Bonchev–Trinajstić information content (AvgIpc) is 3.38. The molecule has 3 saturated heterocycles. The number of carbonyl (C=O) groups excluding carboxylic acids is 1. The predicted octanol–water partition coefficient (Wildman–Crippen LogP) is 2.75. The zero-order chi connectivity index (χ0) is 18.0. The molecule has 3 aliphatic heterocycles. The lowest BCUT2D eigenvalue weighted by atomic mass is 9.81. The summed E-state index contributed by atoms with van der Waals surface area (Å²) in [6, 6.07) is 0. The van der Waals surface area contributed by atoms with Crippen LogP contribution >= 0.6 is 0 Å². The Balaban J connectivity index is 1.53. The van der Waals surface area contributed by atoms with Crippen LogP contribution in [0.1, 0.15) is 59.3 Å². The number of aliphatic hydroxyl groups excluding tert-OH is 1. The average molecular weight is 350 g/mol. The van der Waals surface area contributed by atoms with Crippen molar-refractivity contribution in [3.8, 4) is 0 Å². The summed E-state index contributed by atoms with van der Waals surface area (Å²) in [5, 5.41) is 10.8. The predicted molar refractivity (Wildman–Crippen MR) is 91.9 cm³/mol. The molecule has 0 amide bonds. The van der Waals surface area contributed by atoms with Crippen LogP contribution in [0.4, 0.5) is 0 Å². The van der Waals surface area contributed by atoms with E-state index >= 15 is 0 Å². The zero-order valence-corrected chi connectivity index (χ0v) is 15.5. The van der Waals surface area contributed by atoms with Gasteiger partial charge in [0.25, 0.3) is 0 Å². The molecule has 140 valence electrons. The summed E-state index contributed by atoms with van der Waals surface area (Å²) in [5.74, 6) is -0.446. The van der Waals surface area contributed by atoms with Crippen molar-refractivity contribution in [2.24, 2.45) is 11.8 Å². The number of rotatable bonds is 0. The third kappa shape index (κ3) is 3.04. The van der Waals surface area contributed by atoms with Gasteiger partial charge in [0.2, 0.25) is 0 Å². The van der Waals surface area contributed by atoms with Gasteiger partial charge in [0.05, 0.1) is 29.5 Å². The van der Waals surface area contributed by atoms with Gasteiger partial charge in [-0.05, 0) is 51.9 Å². The maximum absolute atomic E-state index is 12.0. The minimum absolute atomic E-state index is 0.00776. The summed E-state index contributed by atoms with van der Waals surface area (Å²) < 4.78 is 17.4. The number of esters is 1. The van der Waals surface area contributed by atoms with Crippen molar-refractivity contribution in [3.63, 3.8) is 0 Å². The van der Waals surface area contributed by atoms with Crippen LogP contribution < -0.4 is 0 Å². The van der Waals surface area contributed by atoms with Gasteiger partial charge in [-0.2, -0.15) is 0 Å². The third-order valence-electron chi connectivity index (χ3n) is 7.04. The van der Waals surface area contributed by atoms with E-state index in [1.807, 2.05) is 6.92 Å². The molecule has 5 nitrogen and oxygen atoms in total. The highest BCUT2D eigenvalue weighted by Crippen LogP contribution is 2.51. The van der Waals surface area contributed by atoms with E-state index in [9.17, 15) is 9.90 Å². The van der Waals surface area contributed by atoms with Gasteiger partial charge in [-0.1, -0.05) is 19.9 Å². The first-order chi connectivity index (χ1) is 11.7. The van der Waals surface area contributed by atoms with Gasteiger partial charge in [0, 0.05) is 11.5 Å². The Morgan fingerprint density at radius 1 is 1.12 bits per heavy atom. The molecule has 0 radical (unpaired) electrons. The maximum Gasteiger partial charge on any atom is 0.334 e. The van der Waals surface area contributed by atoms with Crippen molar-refractivity contribution in [1.29, 1.82) is 0 Å². The van der Waals surface area contributed by atoms with Crippen LogP contribution in [0, 0.1) is 11.8 Å². The number of carbonyl (C=O) groups is 1. The maximum atomic E-state index is 12.0. The van der Waals surface area contributed by atoms with Crippen LogP contribution in [0.2, 0.25) is 0 Å². The molecule has 0 bridgehead atoms. The molecule has 25 heavy (non-hydrogen) atoms. The second kappa shape index (κ2) is 5.80. The Kier molecular flexibility index (Phi) is 4.06. The molecule has 8 atom stereocenters. The van der Waals surface area contributed by atoms with Gasteiger partial charge in [-0.25, -0.2) is 4.79 Å². The van der Waals surface area contributed by atoms with Crippen molar-refractivity contribution in [2.75, 3.05) is 0 Å². The first-order valence-corrected chi connectivity index (χ1v) is 9.67. The van der Waals surface area contributed by atoms with Gasteiger partial charge in [0.1, 0.15) is 6.10 Å². The van der Waals surface area contributed by atoms with Crippen LogP contribution in [0.25, 0.3) is 0 Å². The van der Waals surface area contributed by atoms with Gasteiger partial charge in [-0.15, -0.1) is 0 Å². The van der Waals surface area contributed by atoms with Crippen molar-refractivity contribution < 1.29 is 24.1 Å². The number of fused-ring (bicyclic) bond motifs is 3. The fraction of sp³-hybridized carbons (Fsp3) is 0.850. The van der Waals surface area contributed by atoms with Crippen LogP contribution in [0.3, 0.4) is 0 Å². The summed E-state index contributed by atoms with van der Waals surface area (Å²) in [5.41, 5.74) is 0.329. The topological polar surface area (TPSA) is 71.6 Å². The number of ether oxygens (including phenoxy) is 3. The first-order valence-electron chi connectivity index (χ1n) is 9.67. The Morgan fingerprint density at radius 2 is 1.80 bits per heavy atom. The minimum Gasteiger partial charge on any atom is -0.456 e. The molecule has 1 N–H and O–H groups in total. The summed E-state index contributed by atoms with van der Waals surface area (Å²) in [6.45, 7) is 10.3. The van der Waals surface area contributed by atoms with Crippen molar-refractivity contribution in [3.05, 3.63) is 12.2 Å². The summed E-state index contributed by atoms with van der Waals surface area (Å²) in [4.78, 5) is 12.0. The van der Waals surface area contributed by atoms with E-state index in [-0.39, 0.29) is 35.1 Å². The number of hydrogen-bond donors (Lipinski definition) is 1. The van der Waals surface area contributed by atoms with Crippen LogP contribution in [0.15, 0.2) is 12.2 Å². The van der Waals surface area contributed by atoms with E-state index in [2.05, 4.69) is 20.4 Å². The lowest BCUT2D eigenvalue weighted by Gasteiger charge is -2.28. The molecule has 0 unspecified atom stereocenters. The van der Waals surface area contributed by atoms with Crippen molar-refractivity contribution in [2.45, 2.75) is 94.9 Å². The fourth-order valence-corrected chi connectivity index (χ4v) is 4.82. The first kappa shape index (κ1) is 17.5. The highest BCUT2D eigenvalue weighted by Gasteiger charge is 2.58. The van der Waals surface area contributed by atoms with Crippen LogP contribution in [-0.2, 0) is 19.0 Å². The standard InChI is InChI=1S/C20H30O5/c1-11-6-5-8-19(3)14(24-19)7-9-20(4)15(25-20)10-13-12(2)18(22)23-17(13)16(11)21/h11,13-17,21H,2,5-10H2,1,3-4H3/t11-,13+,14+,15+,16+,17-,19-,20-/m1/s1. The molecule has 4 aliphatic rings. The summed E-state index contributed by atoms with van der Waals surface area (Å²) in [6.07, 6.45) is 4.87. The van der Waals surface area contributed by atoms with Gasteiger partial charge in [-0.3, -0.25) is 0 Å². The highest BCUT2D eigenvalue weighted by atomic mass is 16.6. The quantitative estimate of drug-likeness (QED) is 0.413. The van der Waals surface area contributed by atoms with E-state index in [0.29, 0.717) is 18.1 Å². The second-order valence-corrected chi connectivity index (χ2v) is 8.97. The van der Waals surface area contributed by atoms with Gasteiger partial charge < -0.3 is 19.3 Å². The Bertz CT molecular complexity index is 589. The lowest BCUT2D eigenvalue weighted by molar-refractivity contribution is -0.146. The van der Waals surface area contributed by atoms with E-state index in [1.165, 1.54) is 0 Å². The Morgan fingerprint density at radius 3 is 2.56 bits per heavy atom. The summed E-state index contributed by atoms with van der Waals surface area (Å²) in [7, 11) is 0. The zero-order valence-electron chi connectivity index (χ0n) is 15.5. The number of epoxide rings is 2. The highest BCUT2D eigenvalue weighted by molar-refractivity contribution is 5.90. The molecule has 4 rings (SSSR count). The molecule has 0 spiro atoms. The number of aliphatic hydroxyl groups is 1. The molecule has 3 heterocycles. The fourth-order valence-electron chi connectivity index (χ4n) is 4.82. The second-order valence-electron chi connectivity index (χ2n) is 8.97. The lowest BCUT2D eigenvalue weighted by Crippen LogP contribution is -2.37. The van der Waals surface area contributed by atoms with Crippen molar-refractivity contribution in [1.82, 2.24) is 0 Å². The van der Waals surface area contributed by atoms with Crippen LogP contribution in [0.5, 0.6) is 0 Å².